The topological polar surface area (TPSA) is 128 Å². The molecule has 0 aliphatic carbocycles. The van der Waals surface area contributed by atoms with E-state index in [1.807, 2.05) is 0 Å². The molecule has 0 fully saturated rings. The highest BCUT2D eigenvalue weighted by Gasteiger charge is 2.13. The van der Waals surface area contributed by atoms with Crippen LogP contribution in [0.1, 0.15) is 54.6 Å². The van der Waals surface area contributed by atoms with Crippen molar-refractivity contribution in [3.8, 4) is 0 Å². The van der Waals surface area contributed by atoms with Crippen molar-refractivity contribution in [2.24, 2.45) is 16.5 Å². The molecule has 0 bridgehead atoms. The summed E-state index contributed by atoms with van der Waals surface area (Å²) in [6.45, 7) is 2.07. The van der Waals surface area contributed by atoms with Crippen LogP contribution in [-0.4, -0.2) is 29.6 Å². The standard InChI is InChI=1S/C16H23N3O4/c1-2-23-15(22)12-9-7-11(8-10-12)13(19-16(17)18)5-3-4-6-14(20)21/h7-10,13H,2-6H2,1H3,(H,20,21)(H4,17,18,19). The normalized spacial score (nSPS) is 11.5. The van der Waals surface area contributed by atoms with Crippen molar-refractivity contribution in [3.63, 3.8) is 0 Å². The monoisotopic (exact) mass is 321 g/mol. The molecule has 1 aromatic carbocycles. The molecule has 23 heavy (non-hydrogen) atoms. The smallest absolute Gasteiger partial charge is 0.338 e. The molecule has 0 aliphatic heterocycles. The Kier molecular flexibility index (Phi) is 7.59. The summed E-state index contributed by atoms with van der Waals surface area (Å²) in [4.78, 5) is 26.4. The fraction of sp³-hybridized carbons (Fsp3) is 0.438. The van der Waals surface area contributed by atoms with E-state index >= 15 is 0 Å². The van der Waals surface area contributed by atoms with E-state index in [4.69, 9.17) is 21.3 Å². The minimum atomic E-state index is -0.817. The van der Waals surface area contributed by atoms with Crippen LogP contribution < -0.4 is 11.5 Å². The summed E-state index contributed by atoms with van der Waals surface area (Å²) < 4.78 is 4.93. The van der Waals surface area contributed by atoms with Gasteiger partial charge in [-0.15, -0.1) is 0 Å². The zero-order valence-corrected chi connectivity index (χ0v) is 13.2. The van der Waals surface area contributed by atoms with E-state index in [0.29, 0.717) is 31.4 Å². The van der Waals surface area contributed by atoms with Gasteiger partial charge < -0.3 is 21.3 Å². The number of esters is 1. The van der Waals surface area contributed by atoms with Gasteiger partial charge in [0, 0.05) is 6.42 Å². The molecule has 1 aromatic rings. The van der Waals surface area contributed by atoms with Gasteiger partial charge in [0.1, 0.15) is 0 Å². The third-order valence-corrected chi connectivity index (χ3v) is 3.23. The second-order valence-electron chi connectivity index (χ2n) is 5.05. The van der Waals surface area contributed by atoms with Crippen molar-refractivity contribution >= 4 is 17.9 Å². The highest BCUT2D eigenvalue weighted by atomic mass is 16.5. The summed E-state index contributed by atoms with van der Waals surface area (Å²) in [5.41, 5.74) is 12.2. The lowest BCUT2D eigenvalue weighted by Gasteiger charge is -2.13. The quantitative estimate of drug-likeness (QED) is 0.275. The van der Waals surface area contributed by atoms with Gasteiger partial charge in [-0.25, -0.2) is 9.79 Å². The van der Waals surface area contributed by atoms with Gasteiger partial charge in [-0.1, -0.05) is 18.6 Å². The molecule has 0 aromatic heterocycles. The average molecular weight is 321 g/mol. The van der Waals surface area contributed by atoms with Gasteiger partial charge in [-0.3, -0.25) is 4.79 Å². The number of hydrogen-bond donors (Lipinski definition) is 3. The Morgan fingerprint density at radius 1 is 1.22 bits per heavy atom. The molecule has 0 spiro atoms. The van der Waals surface area contributed by atoms with Gasteiger partial charge in [-0.2, -0.15) is 0 Å². The fourth-order valence-electron chi connectivity index (χ4n) is 2.16. The van der Waals surface area contributed by atoms with Gasteiger partial charge >= 0.3 is 11.9 Å². The Bertz CT molecular complexity index is 551. The Morgan fingerprint density at radius 2 is 1.87 bits per heavy atom. The van der Waals surface area contributed by atoms with Crippen molar-refractivity contribution in [2.45, 2.75) is 38.6 Å². The highest BCUT2D eigenvalue weighted by Crippen LogP contribution is 2.24. The number of nitrogens with zero attached hydrogens (tertiary/aromatic N) is 1. The predicted molar refractivity (Wildman–Crippen MR) is 87.1 cm³/mol. The number of carbonyl (C=O) groups is 2. The zero-order chi connectivity index (χ0) is 17.2. The molecule has 7 heteroatoms. The summed E-state index contributed by atoms with van der Waals surface area (Å²) in [6, 6.07) is 6.63. The Balaban J connectivity index is 2.76. The molecule has 0 amide bonds. The number of nitrogens with two attached hydrogens (primary N) is 2. The highest BCUT2D eigenvalue weighted by molar-refractivity contribution is 5.89. The van der Waals surface area contributed by atoms with E-state index in [2.05, 4.69) is 4.99 Å². The lowest BCUT2D eigenvalue weighted by molar-refractivity contribution is -0.137. The maximum atomic E-state index is 11.6. The Morgan fingerprint density at radius 3 is 2.39 bits per heavy atom. The Hall–Kier alpha value is -2.57. The second-order valence-corrected chi connectivity index (χ2v) is 5.05. The molecule has 0 radical (unpaired) electrons. The van der Waals surface area contributed by atoms with Crippen LogP contribution in [0.4, 0.5) is 0 Å². The van der Waals surface area contributed by atoms with Crippen molar-refractivity contribution in [2.75, 3.05) is 6.61 Å². The zero-order valence-electron chi connectivity index (χ0n) is 13.2. The van der Waals surface area contributed by atoms with Crippen LogP contribution >= 0.6 is 0 Å². The fourth-order valence-corrected chi connectivity index (χ4v) is 2.16. The third-order valence-electron chi connectivity index (χ3n) is 3.23. The number of rotatable bonds is 9. The molecule has 0 aliphatic rings. The maximum absolute atomic E-state index is 11.6. The Labute approximate surface area is 135 Å². The number of carbonyl (C=O) groups excluding carboxylic acids is 1. The van der Waals surface area contributed by atoms with Crippen LogP contribution in [0.15, 0.2) is 29.3 Å². The molecule has 0 heterocycles. The third kappa shape index (κ3) is 6.82. The minimum Gasteiger partial charge on any atom is -0.481 e. The van der Waals surface area contributed by atoms with Crippen LogP contribution in [0.3, 0.4) is 0 Å². The van der Waals surface area contributed by atoms with Gasteiger partial charge in [0.05, 0.1) is 18.2 Å². The molecule has 5 N–H and O–H groups in total. The number of carboxylic acid groups (broad SMARTS) is 1. The van der Waals surface area contributed by atoms with E-state index in [-0.39, 0.29) is 24.4 Å². The van der Waals surface area contributed by atoms with Gasteiger partial charge in [0.25, 0.3) is 0 Å². The average Bonchev–Trinajstić information content (AvgIpc) is 2.50. The number of aliphatic carboxylic acids is 1. The minimum absolute atomic E-state index is 0.0253. The van der Waals surface area contributed by atoms with E-state index in [9.17, 15) is 9.59 Å². The van der Waals surface area contributed by atoms with Crippen molar-refractivity contribution in [3.05, 3.63) is 35.4 Å². The summed E-state index contributed by atoms with van der Waals surface area (Å²) in [5, 5.41) is 8.66. The molecule has 1 unspecified atom stereocenters. The second kappa shape index (κ2) is 9.45. The van der Waals surface area contributed by atoms with Crippen LogP contribution in [0.25, 0.3) is 0 Å². The summed E-state index contributed by atoms with van der Waals surface area (Å²) >= 11 is 0. The summed E-state index contributed by atoms with van der Waals surface area (Å²) in [6.07, 6.45) is 2.00. The van der Waals surface area contributed by atoms with Crippen molar-refractivity contribution in [1.29, 1.82) is 0 Å². The number of carboxylic acids is 1. The van der Waals surface area contributed by atoms with Crippen molar-refractivity contribution < 1.29 is 19.4 Å². The molecule has 7 nitrogen and oxygen atoms in total. The lowest BCUT2D eigenvalue weighted by Crippen LogP contribution is -2.23. The molecule has 0 saturated heterocycles. The molecular formula is C16H23N3O4. The van der Waals surface area contributed by atoms with Gasteiger partial charge in [0.2, 0.25) is 0 Å². The van der Waals surface area contributed by atoms with Crippen LogP contribution in [-0.2, 0) is 9.53 Å². The largest absolute Gasteiger partial charge is 0.481 e. The van der Waals surface area contributed by atoms with Gasteiger partial charge in [0.15, 0.2) is 5.96 Å². The molecule has 1 atom stereocenters. The maximum Gasteiger partial charge on any atom is 0.338 e. The molecule has 126 valence electrons. The number of ether oxygens (including phenoxy) is 1. The SMILES string of the molecule is CCOC(=O)c1ccc(C(CCCCC(=O)O)N=C(N)N)cc1. The van der Waals surface area contributed by atoms with E-state index in [0.717, 1.165) is 5.56 Å². The molecule has 1 rings (SSSR count). The predicted octanol–water partition coefficient (Wildman–Crippen LogP) is 1.82. The molecular weight excluding hydrogens is 298 g/mol. The van der Waals surface area contributed by atoms with Crippen molar-refractivity contribution in [1.82, 2.24) is 0 Å². The molecule has 0 saturated carbocycles. The van der Waals surface area contributed by atoms with E-state index < -0.39 is 5.97 Å². The first-order chi connectivity index (χ1) is 10.9. The number of hydrogen-bond acceptors (Lipinski definition) is 4. The van der Waals surface area contributed by atoms with E-state index in [1.165, 1.54) is 0 Å². The summed E-state index contributed by atoms with van der Waals surface area (Å²) in [7, 11) is 0. The number of aliphatic imine (C=N–C) groups is 1. The van der Waals surface area contributed by atoms with E-state index in [1.54, 1.807) is 31.2 Å². The first kappa shape index (κ1) is 18.5. The van der Waals surface area contributed by atoms with Crippen LogP contribution in [0.2, 0.25) is 0 Å². The lowest BCUT2D eigenvalue weighted by atomic mass is 9.99. The summed E-state index contributed by atoms with van der Waals surface area (Å²) in [5.74, 6) is -1.22. The number of guanidine groups is 1. The number of benzene rings is 1. The van der Waals surface area contributed by atoms with Crippen LogP contribution in [0.5, 0.6) is 0 Å². The number of unbranched alkanes of at least 4 members (excludes halogenated alkanes) is 1. The van der Waals surface area contributed by atoms with Gasteiger partial charge in [-0.05, 0) is 37.5 Å². The first-order valence-corrected chi connectivity index (χ1v) is 7.51. The van der Waals surface area contributed by atoms with Crippen LogP contribution in [0, 0.1) is 0 Å². The first-order valence-electron chi connectivity index (χ1n) is 7.51.